The highest BCUT2D eigenvalue weighted by Gasteiger charge is 2.05. The van der Waals surface area contributed by atoms with Crippen LogP contribution in [0.1, 0.15) is 0 Å². The third-order valence-electron chi connectivity index (χ3n) is 2.38. The fourth-order valence-corrected chi connectivity index (χ4v) is 1.99. The van der Waals surface area contributed by atoms with Gasteiger partial charge in [-0.1, -0.05) is 29.8 Å². The molecule has 2 aromatic heterocycles. The first-order valence-corrected chi connectivity index (χ1v) is 7.40. The molecule has 2 N–H and O–H groups in total. The van der Waals surface area contributed by atoms with E-state index in [9.17, 15) is 4.79 Å². The highest BCUT2D eigenvalue weighted by molar-refractivity contribution is 6.33. The molecule has 0 bridgehead atoms. The summed E-state index contributed by atoms with van der Waals surface area (Å²) in [6, 6.07) is 12.1. The molecule has 0 amide bonds. The van der Waals surface area contributed by atoms with E-state index in [1.807, 2.05) is 12.1 Å². The molecule has 9 heteroatoms. The number of hydrogen-bond acceptors (Lipinski definition) is 5. The Labute approximate surface area is 146 Å². The fraction of sp³-hybridized carbons (Fsp3) is 0. The predicted molar refractivity (Wildman–Crippen MR) is 91.6 cm³/mol. The minimum atomic E-state index is -0.0532. The maximum absolute atomic E-state index is 10.2. The van der Waals surface area contributed by atoms with Gasteiger partial charge in [-0.05, 0) is 41.4 Å². The zero-order valence-corrected chi connectivity index (χ0v) is 13.8. The number of benzene rings is 1. The Bertz CT molecular complexity index is 803. The van der Waals surface area contributed by atoms with Crippen molar-refractivity contribution in [1.82, 2.24) is 19.9 Å². The Hall–Kier alpha value is -2.15. The molecule has 3 aromatic rings. The molecule has 0 unspecified atom stereocenters. The van der Waals surface area contributed by atoms with Gasteiger partial charge < -0.3 is 10.3 Å². The largest absolute Gasteiger partial charge is 0.329 e. The summed E-state index contributed by atoms with van der Waals surface area (Å²) in [4.78, 5) is 24.0. The van der Waals surface area contributed by atoms with Gasteiger partial charge in [-0.25, -0.2) is 0 Å². The first-order valence-electron chi connectivity index (χ1n) is 6.27. The van der Waals surface area contributed by atoms with Gasteiger partial charge in [0.25, 0.3) is 0 Å². The molecule has 0 spiro atoms. The Balaban J connectivity index is 0.000000229. The molecular formula is C14H10Cl3N5O. The highest BCUT2D eigenvalue weighted by atomic mass is 35.5. The lowest BCUT2D eigenvalue weighted by molar-refractivity contribution is 1.05. The molecule has 118 valence electrons. The monoisotopic (exact) mass is 369 g/mol. The topological polar surface area (TPSA) is 83.6 Å². The zero-order valence-electron chi connectivity index (χ0n) is 11.5. The highest BCUT2D eigenvalue weighted by Crippen LogP contribution is 2.23. The van der Waals surface area contributed by atoms with Crippen LogP contribution >= 0.6 is 34.8 Å². The predicted octanol–water partition coefficient (Wildman–Crippen LogP) is 3.95. The summed E-state index contributed by atoms with van der Waals surface area (Å²) >= 11 is 17.2. The SMILES string of the molecule is Clc1nc(Cl)nc(Nc2ccccc2Cl)n1.O=c1cccc[nH]1. The van der Waals surface area contributed by atoms with Crippen molar-refractivity contribution < 1.29 is 0 Å². The molecule has 2 heterocycles. The summed E-state index contributed by atoms with van der Waals surface area (Å²) in [5.41, 5.74) is 0.616. The number of rotatable bonds is 2. The zero-order chi connectivity index (χ0) is 16.7. The lowest BCUT2D eigenvalue weighted by Gasteiger charge is -2.06. The van der Waals surface area contributed by atoms with Crippen molar-refractivity contribution >= 4 is 46.4 Å². The van der Waals surface area contributed by atoms with Crippen molar-refractivity contribution in [3.8, 4) is 0 Å². The van der Waals surface area contributed by atoms with Crippen LogP contribution in [-0.2, 0) is 0 Å². The molecule has 0 radical (unpaired) electrons. The summed E-state index contributed by atoms with van der Waals surface area (Å²) < 4.78 is 0. The van der Waals surface area contributed by atoms with E-state index in [4.69, 9.17) is 34.8 Å². The van der Waals surface area contributed by atoms with Crippen LogP contribution < -0.4 is 10.9 Å². The molecule has 0 saturated carbocycles. The number of pyridine rings is 1. The number of para-hydroxylation sites is 1. The van der Waals surface area contributed by atoms with Gasteiger partial charge in [-0.15, -0.1) is 0 Å². The summed E-state index contributed by atoms with van der Waals surface area (Å²) in [5, 5.41) is 3.49. The summed E-state index contributed by atoms with van der Waals surface area (Å²) in [6.45, 7) is 0. The van der Waals surface area contributed by atoms with Crippen molar-refractivity contribution in [3.63, 3.8) is 0 Å². The van der Waals surface area contributed by atoms with Crippen molar-refractivity contribution in [1.29, 1.82) is 0 Å². The number of aromatic amines is 1. The maximum Gasteiger partial charge on any atom is 0.247 e. The van der Waals surface area contributed by atoms with Crippen LogP contribution in [0.4, 0.5) is 11.6 Å². The van der Waals surface area contributed by atoms with Crippen molar-refractivity contribution in [2.75, 3.05) is 5.32 Å². The molecule has 0 saturated heterocycles. The van der Waals surface area contributed by atoms with Crippen LogP contribution in [0.15, 0.2) is 53.5 Å². The third-order valence-corrected chi connectivity index (χ3v) is 3.05. The first kappa shape index (κ1) is 17.2. The molecule has 0 aliphatic heterocycles. The number of nitrogens with zero attached hydrogens (tertiary/aromatic N) is 3. The number of nitrogens with one attached hydrogen (secondary N) is 2. The molecule has 0 aliphatic rings. The van der Waals surface area contributed by atoms with E-state index in [1.54, 1.807) is 30.5 Å². The Morgan fingerprint density at radius 3 is 2.04 bits per heavy atom. The van der Waals surface area contributed by atoms with Crippen LogP contribution in [-0.4, -0.2) is 19.9 Å². The van der Waals surface area contributed by atoms with Crippen molar-refractivity contribution in [3.05, 3.63) is 74.6 Å². The lowest BCUT2D eigenvalue weighted by Crippen LogP contribution is -1.99. The molecule has 23 heavy (non-hydrogen) atoms. The molecule has 0 atom stereocenters. The van der Waals surface area contributed by atoms with E-state index in [0.717, 1.165) is 0 Å². The van der Waals surface area contributed by atoms with E-state index >= 15 is 0 Å². The number of halogens is 3. The molecule has 3 rings (SSSR count). The van der Waals surface area contributed by atoms with Crippen LogP contribution in [0.3, 0.4) is 0 Å². The van der Waals surface area contributed by atoms with E-state index in [0.29, 0.717) is 10.7 Å². The van der Waals surface area contributed by atoms with E-state index in [-0.39, 0.29) is 22.1 Å². The molecule has 0 fully saturated rings. The Kier molecular flexibility index (Phi) is 6.34. The summed E-state index contributed by atoms with van der Waals surface area (Å²) in [5.74, 6) is 0.248. The molecular weight excluding hydrogens is 361 g/mol. The Morgan fingerprint density at radius 1 is 0.870 bits per heavy atom. The van der Waals surface area contributed by atoms with Crippen molar-refractivity contribution in [2.45, 2.75) is 0 Å². The number of hydrogen-bond donors (Lipinski definition) is 2. The van der Waals surface area contributed by atoms with Gasteiger partial charge in [0.2, 0.25) is 22.1 Å². The third kappa shape index (κ3) is 5.86. The maximum atomic E-state index is 10.2. The van der Waals surface area contributed by atoms with E-state index in [2.05, 4.69) is 25.3 Å². The minimum absolute atomic E-state index is 0.0227. The van der Waals surface area contributed by atoms with Gasteiger partial charge in [-0.2, -0.15) is 15.0 Å². The van der Waals surface area contributed by atoms with Gasteiger partial charge in [0, 0.05) is 12.3 Å². The number of anilines is 2. The number of aromatic nitrogens is 4. The normalized spacial score (nSPS) is 9.70. The average Bonchev–Trinajstić information content (AvgIpc) is 2.50. The molecule has 6 nitrogen and oxygen atoms in total. The molecule has 1 aromatic carbocycles. The summed E-state index contributed by atoms with van der Waals surface area (Å²) in [6.07, 6.45) is 1.60. The smallest absolute Gasteiger partial charge is 0.247 e. The van der Waals surface area contributed by atoms with Crippen LogP contribution in [0, 0.1) is 0 Å². The number of H-pyrrole nitrogens is 1. The first-order chi connectivity index (χ1) is 11.0. The minimum Gasteiger partial charge on any atom is -0.329 e. The van der Waals surface area contributed by atoms with Crippen LogP contribution in [0.25, 0.3) is 0 Å². The van der Waals surface area contributed by atoms with Gasteiger partial charge >= 0.3 is 0 Å². The van der Waals surface area contributed by atoms with Crippen LogP contribution in [0.5, 0.6) is 0 Å². The average molecular weight is 371 g/mol. The standard InChI is InChI=1S/C9H5Cl3N4.C5H5NO/c10-5-3-1-2-4-6(5)13-9-15-7(11)14-8(12)16-9;7-5-3-1-2-4-6-5/h1-4H,(H,13,14,15,16);1-4H,(H,6,7). The Morgan fingerprint density at radius 2 is 1.52 bits per heavy atom. The molecule has 0 aliphatic carbocycles. The van der Waals surface area contributed by atoms with Crippen LogP contribution in [0.2, 0.25) is 15.6 Å². The van der Waals surface area contributed by atoms with Gasteiger partial charge in [0.05, 0.1) is 10.7 Å². The van der Waals surface area contributed by atoms with Gasteiger partial charge in [0.1, 0.15) is 0 Å². The van der Waals surface area contributed by atoms with E-state index in [1.165, 1.54) is 6.07 Å². The lowest BCUT2D eigenvalue weighted by atomic mass is 10.3. The second-order valence-corrected chi connectivity index (χ2v) is 5.11. The quantitative estimate of drug-likeness (QED) is 0.713. The second-order valence-electron chi connectivity index (χ2n) is 4.03. The second kappa shape index (κ2) is 8.47. The van der Waals surface area contributed by atoms with E-state index < -0.39 is 0 Å². The fourth-order valence-electron chi connectivity index (χ4n) is 1.44. The van der Waals surface area contributed by atoms with Crippen molar-refractivity contribution in [2.24, 2.45) is 0 Å². The van der Waals surface area contributed by atoms with Gasteiger partial charge in [0.15, 0.2) is 0 Å². The summed E-state index contributed by atoms with van der Waals surface area (Å²) in [7, 11) is 0. The van der Waals surface area contributed by atoms with Gasteiger partial charge in [-0.3, -0.25) is 4.79 Å².